The van der Waals surface area contributed by atoms with Crippen LogP contribution in [-0.2, 0) is 14.4 Å². The van der Waals surface area contributed by atoms with E-state index < -0.39 is 23.7 Å². The molecule has 1 aliphatic rings. The number of amides is 1. The zero-order valence-electron chi connectivity index (χ0n) is 14.1. The van der Waals surface area contributed by atoms with Gasteiger partial charge >= 0.3 is 18.1 Å². The van der Waals surface area contributed by atoms with E-state index in [4.69, 9.17) is 20.7 Å². The van der Waals surface area contributed by atoms with E-state index in [1.807, 2.05) is 0 Å². The predicted octanol–water partition coefficient (Wildman–Crippen LogP) is 2.63. The highest BCUT2D eigenvalue weighted by Gasteiger charge is 2.38. The van der Waals surface area contributed by atoms with Crippen molar-refractivity contribution in [3.8, 4) is 0 Å². The molecule has 1 aromatic carbocycles. The molecule has 5 N–H and O–H groups in total. The minimum Gasteiger partial charge on any atom is -0.478 e. The first kappa shape index (κ1) is 22.2. The molecule has 0 heterocycles. The second kappa shape index (κ2) is 9.17. The maximum absolute atomic E-state index is 12.1. The number of rotatable bonds is 4. The molecule has 10 heteroatoms. The maximum atomic E-state index is 12.1. The average molecular weight is 388 g/mol. The molecule has 1 saturated carbocycles. The monoisotopic (exact) mass is 388 g/mol. The van der Waals surface area contributed by atoms with Crippen LogP contribution in [0.5, 0.6) is 0 Å². The molecular weight excluding hydrogens is 369 g/mol. The summed E-state index contributed by atoms with van der Waals surface area (Å²) in [7, 11) is 0. The largest absolute Gasteiger partial charge is 0.490 e. The molecule has 0 aromatic heterocycles. The van der Waals surface area contributed by atoms with Crippen LogP contribution in [-0.4, -0.2) is 39.8 Å². The van der Waals surface area contributed by atoms with Gasteiger partial charge in [-0.2, -0.15) is 13.2 Å². The van der Waals surface area contributed by atoms with Gasteiger partial charge in [0, 0.05) is 11.8 Å². The molecule has 0 unspecified atom stereocenters. The molecule has 0 spiro atoms. The highest BCUT2D eigenvalue weighted by molar-refractivity contribution is 5.98. The van der Waals surface area contributed by atoms with Gasteiger partial charge in [0.25, 0.3) is 0 Å². The minimum atomic E-state index is -5.08. The Balaban J connectivity index is 0.000000445. The first-order chi connectivity index (χ1) is 12.4. The topological polar surface area (TPSA) is 130 Å². The molecule has 0 atom stereocenters. The fourth-order valence-corrected chi connectivity index (χ4v) is 2.33. The molecule has 2 rings (SSSR count). The summed E-state index contributed by atoms with van der Waals surface area (Å²) in [5, 5.41) is 18.5. The molecule has 1 aromatic rings. The molecule has 0 radical (unpaired) electrons. The molecular formula is C17H19F3N2O5. The lowest BCUT2D eigenvalue weighted by Crippen LogP contribution is -2.48. The van der Waals surface area contributed by atoms with Gasteiger partial charge in [-0.1, -0.05) is 25.0 Å². The van der Waals surface area contributed by atoms with E-state index in [0.29, 0.717) is 5.69 Å². The standard InChI is InChI=1S/C15H18N2O3.C2HF3O2/c16-15(9-1-2-10-15)14(20)17-12-6-3-11(4-7-12)5-8-13(18)19;3-2(4,5)1(6)7/h3-8H,1-2,9-10,16H2,(H,17,20)(H,18,19);(H,6,7)/b8-5+;. The van der Waals surface area contributed by atoms with Crippen LogP contribution in [0.3, 0.4) is 0 Å². The van der Waals surface area contributed by atoms with Crippen LogP contribution in [0.25, 0.3) is 6.08 Å². The Morgan fingerprint density at radius 2 is 1.56 bits per heavy atom. The van der Waals surface area contributed by atoms with Crippen molar-refractivity contribution in [1.82, 2.24) is 0 Å². The average Bonchev–Trinajstić information content (AvgIpc) is 3.02. The van der Waals surface area contributed by atoms with Crippen molar-refractivity contribution in [2.45, 2.75) is 37.4 Å². The summed E-state index contributed by atoms with van der Waals surface area (Å²) < 4.78 is 31.7. The fraction of sp³-hybridized carbons (Fsp3) is 0.353. The number of nitrogens with one attached hydrogen (secondary N) is 1. The van der Waals surface area contributed by atoms with Crippen LogP contribution >= 0.6 is 0 Å². The van der Waals surface area contributed by atoms with Gasteiger partial charge in [-0.3, -0.25) is 4.79 Å². The van der Waals surface area contributed by atoms with E-state index in [-0.39, 0.29) is 5.91 Å². The molecule has 0 aliphatic heterocycles. The summed E-state index contributed by atoms with van der Waals surface area (Å²) in [5.41, 5.74) is 6.75. The number of aliphatic carboxylic acids is 2. The number of anilines is 1. The summed E-state index contributed by atoms with van der Waals surface area (Å²) in [4.78, 5) is 31.4. The van der Waals surface area contributed by atoms with E-state index in [1.165, 1.54) is 6.08 Å². The van der Waals surface area contributed by atoms with Gasteiger partial charge in [0.05, 0.1) is 5.54 Å². The highest BCUT2D eigenvalue weighted by Crippen LogP contribution is 2.28. The van der Waals surface area contributed by atoms with Crippen LogP contribution in [0.15, 0.2) is 30.3 Å². The van der Waals surface area contributed by atoms with Crippen LogP contribution in [0.4, 0.5) is 18.9 Å². The first-order valence-corrected chi connectivity index (χ1v) is 7.85. The van der Waals surface area contributed by atoms with Crippen LogP contribution in [0.2, 0.25) is 0 Å². The second-order valence-corrected chi connectivity index (χ2v) is 5.91. The van der Waals surface area contributed by atoms with Gasteiger partial charge in [-0.15, -0.1) is 0 Å². The number of hydrogen-bond acceptors (Lipinski definition) is 4. The minimum absolute atomic E-state index is 0.149. The Morgan fingerprint density at radius 1 is 1.07 bits per heavy atom. The Hall–Kier alpha value is -2.88. The van der Waals surface area contributed by atoms with Crippen molar-refractivity contribution in [2.24, 2.45) is 5.73 Å². The van der Waals surface area contributed by atoms with Crippen molar-refractivity contribution in [3.05, 3.63) is 35.9 Å². The Kier molecular flexibility index (Phi) is 7.53. The summed E-state index contributed by atoms with van der Waals surface area (Å²) in [5.74, 6) is -3.90. The molecule has 1 amide bonds. The summed E-state index contributed by atoms with van der Waals surface area (Å²) in [6.07, 6.45) is 0.901. The van der Waals surface area contributed by atoms with Gasteiger partial charge in [0.2, 0.25) is 5.91 Å². The summed E-state index contributed by atoms with van der Waals surface area (Å²) in [6, 6.07) is 6.95. The van der Waals surface area contributed by atoms with E-state index in [1.54, 1.807) is 24.3 Å². The quantitative estimate of drug-likeness (QED) is 0.587. The molecule has 1 aliphatic carbocycles. The molecule has 7 nitrogen and oxygen atoms in total. The Morgan fingerprint density at radius 3 is 1.96 bits per heavy atom. The molecule has 27 heavy (non-hydrogen) atoms. The number of nitrogens with two attached hydrogens (primary N) is 1. The smallest absolute Gasteiger partial charge is 0.478 e. The number of carbonyl (C=O) groups is 3. The third kappa shape index (κ3) is 7.48. The number of alkyl halides is 3. The third-order valence-corrected chi connectivity index (χ3v) is 3.78. The number of hydrogen-bond donors (Lipinski definition) is 4. The van der Waals surface area contributed by atoms with E-state index in [9.17, 15) is 22.8 Å². The molecule has 1 fully saturated rings. The van der Waals surface area contributed by atoms with Crippen LogP contribution in [0, 0.1) is 0 Å². The number of benzene rings is 1. The highest BCUT2D eigenvalue weighted by atomic mass is 19.4. The lowest BCUT2D eigenvalue weighted by atomic mass is 9.98. The Bertz CT molecular complexity index is 708. The number of carboxylic acid groups (broad SMARTS) is 2. The lowest BCUT2D eigenvalue weighted by Gasteiger charge is -2.22. The SMILES string of the molecule is NC1(C(=O)Nc2ccc(/C=C/C(=O)O)cc2)CCCC1.O=C(O)C(F)(F)F. The summed E-state index contributed by atoms with van der Waals surface area (Å²) in [6.45, 7) is 0. The van der Waals surface area contributed by atoms with Crippen LogP contribution in [0.1, 0.15) is 31.2 Å². The molecule has 0 bridgehead atoms. The van der Waals surface area contributed by atoms with Crippen LogP contribution < -0.4 is 11.1 Å². The van der Waals surface area contributed by atoms with Gasteiger partial charge in [0.15, 0.2) is 0 Å². The molecule has 148 valence electrons. The Labute approximate surface area is 152 Å². The normalized spacial score (nSPS) is 15.7. The number of carboxylic acids is 2. The first-order valence-electron chi connectivity index (χ1n) is 7.85. The van der Waals surface area contributed by atoms with Gasteiger partial charge < -0.3 is 21.3 Å². The van der Waals surface area contributed by atoms with Gasteiger partial charge in [-0.05, 0) is 36.6 Å². The fourth-order valence-electron chi connectivity index (χ4n) is 2.33. The zero-order valence-corrected chi connectivity index (χ0v) is 14.1. The van der Waals surface area contributed by atoms with Crippen molar-refractivity contribution < 1.29 is 37.8 Å². The number of carbonyl (C=O) groups excluding carboxylic acids is 1. The summed E-state index contributed by atoms with van der Waals surface area (Å²) >= 11 is 0. The van der Waals surface area contributed by atoms with Gasteiger partial charge in [0.1, 0.15) is 0 Å². The third-order valence-electron chi connectivity index (χ3n) is 3.78. The van der Waals surface area contributed by atoms with Gasteiger partial charge in [-0.25, -0.2) is 9.59 Å². The van der Waals surface area contributed by atoms with E-state index >= 15 is 0 Å². The molecule has 0 saturated heterocycles. The predicted molar refractivity (Wildman–Crippen MR) is 90.8 cm³/mol. The van der Waals surface area contributed by atoms with Crippen molar-refractivity contribution >= 4 is 29.6 Å². The van der Waals surface area contributed by atoms with E-state index in [0.717, 1.165) is 37.3 Å². The van der Waals surface area contributed by atoms with Crippen molar-refractivity contribution in [2.75, 3.05) is 5.32 Å². The van der Waals surface area contributed by atoms with E-state index in [2.05, 4.69) is 5.32 Å². The van der Waals surface area contributed by atoms with Crippen molar-refractivity contribution in [3.63, 3.8) is 0 Å². The second-order valence-electron chi connectivity index (χ2n) is 5.91. The lowest BCUT2D eigenvalue weighted by molar-refractivity contribution is -0.192. The number of halogens is 3. The van der Waals surface area contributed by atoms with Crippen molar-refractivity contribution in [1.29, 1.82) is 0 Å². The zero-order chi connectivity index (χ0) is 20.7. The maximum Gasteiger partial charge on any atom is 0.490 e.